The van der Waals surface area contributed by atoms with E-state index in [0.717, 1.165) is 30.9 Å². The minimum Gasteiger partial charge on any atom is -0.491 e. The summed E-state index contributed by atoms with van der Waals surface area (Å²) >= 11 is 0. The van der Waals surface area contributed by atoms with Crippen molar-refractivity contribution < 1.29 is 13.9 Å². The summed E-state index contributed by atoms with van der Waals surface area (Å²) < 4.78 is 24.9. The van der Waals surface area contributed by atoms with Crippen LogP contribution in [0.1, 0.15) is 44.4 Å². The zero-order valence-corrected chi connectivity index (χ0v) is 13.0. The van der Waals surface area contributed by atoms with Crippen molar-refractivity contribution in [3.63, 3.8) is 0 Å². The SMILES string of the molecule is CCCOCCOc1cc(C)c(F)cc1C(C)NCC. The third kappa shape index (κ3) is 5.10. The molecule has 0 aliphatic rings. The van der Waals surface area contributed by atoms with Crippen molar-refractivity contribution in [1.82, 2.24) is 5.32 Å². The molecule has 4 heteroatoms. The van der Waals surface area contributed by atoms with Crippen molar-refractivity contribution in [2.45, 2.75) is 40.2 Å². The van der Waals surface area contributed by atoms with Crippen molar-refractivity contribution in [2.24, 2.45) is 0 Å². The van der Waals surface area contributed by atoms with Gasteiger partial charge in [-0.15, -0.1) is 0 Å². The molecule has 1 aromatic carbocycles. The van der Waals surface area contributed by atoms with Gasteiger partial charge in [0.05, 0.1) is 6.61 Å². The second kappa shape index (κ2) is 8.93. The van der Waals surface area contributed by atoms with Crippen LogP contribution in [0.25, 0.3) is 0 Å². The maximum Gasteiger partial charge on any atom is 0.126 e. The molecule has 0 aliphatic carbocycles. The van der Waals surface area contributed by atoms with Crippen molar-refractivity contribution in [3.05, 3.63) is 29.1 Å². The summed E-state index contributed by atoms with van der Waals surface area (Å²) in [4.78, 5) is 0. The van der Waals surface area contributed by atoms with E-state index in [0.29, 0.717) is 18.8 Å². The minimum atomic E-state index is -0.195. The van der Waals surface area contributed by atoms with E-state index in [-0.39, 0.29) is 11.9 Å². The summed E-state index contributed by atoms with van der Waals surface area (Å²) in [5, 5.41) is 3.28. The molecule has 0 saturated carbocycles. The zero-order valence-electron chi connectivity index (χ0n) is 13.0. The van der Waals surface area contributed by atoms with Gasteiger partial charge < -0.3 is 14.8 Å². The fourth-order valence-corrected chi connectivity index (χ4v) is 2.01. The molecule has 0 spiro atoms. The summed E-state index contributed by atoms with van der Waals surface area (Å²) in [7, 11) is 0. The van der Waals surface area contributed by atoms with E-state index in [4.69, 9.17) is 9.47 Å². The first-order valence-electron chi connectivity index (χ1n) is 7.34. The molecule has 0 heterocycles. The van der Waals surface area contributed by atoms with E-state index in [1.807, 2.05) is 13.8 Å². The molecule has 114 valence electrons. The van der Waals surface area contributed by atoms with Gasteiger partial charge in [0.25, 0.3) is 0 Å². The molecule has 1 aromatic rings. The minimum absolute atomic E-state index is 0.0571. The van der Waals surface area contributed by atoms with Crippen LogP contribution < -0.4 is 10.1 Å². The molecule has 0 bridgehead atoms. The number of rotatable bonds is 9. The first-order chi connectivity index (χ1) is 9.60. The predicted molar refractivity (Wildman–Crippen MR) is 79.8 cm³/mol. The highest BCUT2D eigenvalue weighted by Crippen LogP contribution is 2.28. The molecule has 0 aromatic heterocycles. The highest BCUT2D eigenvalue weighted by atomic mass is 19.1. The summed E-state index contributed by atoms with van der Waals surface area (Å²) in [6.45, 7) is 10.5. The summed E-state index contributed by atoms with van der Waals surface area (Å²) in [5.74, 6) is 0.539. The number of ether oxygens (including phenoxy) is 2. The molecule has 1 N–H and O–H groups in total. The summed E-state index contributed by atoms with van der Waals surface area (Å²) in [6, 6.07) is 3.38. The molecule has 0 amide bonds. The normalized spacial score (nSPS) is 12.4. The lowest BCUT2D eigenvalue weighted by atomic mass is 10.0. The van der Waals surface area contributed by atoms with Crippen LogP contribution in [-0.2, 0) is 4.74 Å². The standard InChI is InChI=1S/C16H26FNO2/c1-5-7-19-8-9-20-16-10-12(3)15(17)11-14(16)13(4)18-6-2/h10-11,13,18H,5-9H2,1-4H3. The van der Waals surface area contributed by atoms with Gasteiger partial charge in [0.15, 0.2) is 0 Å². The topological polar surface area (TPSA) is 30.5 Å². The van der Waals surface area contributed by atoms with Gasteiger partial charge in [-0.2, -0.15) is 0 Å². The molecular weight excluding hydrogens is 257 g/mol. The van der Waals surface area contributed by atoms with Gasteiger partial charge in [-0.25, -0.2) is 4.39 Å². The first kappa shape index (κ1) is 16.9. The van der Waals surface area contributed by atoms with Crippen LogP contribution >= 0.6 is 0 Å². The second-order valence-corrected chi connectivity index (χ2v) is 4.88. The average Bonchev–Trinajstić information content (AvgIpc) is 2.42. The second-order valence-electron chi connectivity index (χ2n) is 4.88. The van der Waals surface area contributed by atoms with Gasteiger partial charge in [-0.1, -0.05) is 13.8 Å². The maximum atomic E-state index is 13.7. The number of hydrogen-bond acceptors (Lipinski definition) is 3. The van der Waals surface area contributed by atoms with Gasteiger partial charge in [-0.05, 0) is 44.5 Å². The quantitative estimate of drug-likeness (QED) is 0.702. The van der Waals surface area contributed by atoms with E-state index >= 15 is 0 Å². The van der Waals surface area contributed by atoms with Crippen molar-refractivity contribution >= 4 is 0 Å². The predicted octanol–water partition coefficient (Wildman–Crippen LogP) is 3.61. The van der Waals surface area contributed by atoms with E-state index in [1.54, 1.807) is 19.1 Å². The fraction of sp³-hybridized carbons (Fsp3) is 0.625. The lowest BCUT2D eigenvalue weighted by Gasteiger charge is -2.19. The van der Waals surface area contributed by atoms with Gasteiger partial charge in [0.1, 0.15) is 18.2 Å². The lowest BCUT2D eigenvalue weighted by molar-refractivity contribution is 0.100. The molecule has 1 atom stereocenters. The molecule has 0 radical (unpaired) electrons. The largest absolute Gasteiger partial charge is 0.491 e. The Kier molecular flexibility index (Phi) is 7.55. The molecule has 1 rings (SSSR count). The van der Waals surface area contributed by atoms with Crippen molar-refractivity contribution in [3.8, 4) is 5.75 Å². The Morgan fingerprint density at radius 3 is 2.60 bits per heavy atom. The van der Waals surface area contributed by atoms with E-state index in [1.165, 1.54) is 0 Å². The van der Waals surface area contributed by atoms with Crippen LogP contribution in [0.3, 0.4) is 0 Å². The van der Waals surface area contributed by atoms with E-state index in [9.17, 15) is 4.39 Å². The van der Waals surface area contributed by atoms with E-state index in [2.05, 4.69) is 12.2 Å². The molecule has 1 unspecified atom stereocenters. The Hall–Kier alpha value is -1.13. The Labute approximate surface area is 121 Å². The monoisotopic (exact) mass is 283 g/mol. The zero-order chi connectivity index (χ0) is 15.0. The van der Waals surface area contributed by atoms with Crippen molar-refractivity contribution in [1.29, 1.82) is 0 Å². The number of aryl methyl sites for hydroxylation is 1. The molecule has 3 nitrogen and oxygen atoms in total. The molecule has 0 saturated heterocycles. The van der Waals surface area contributed by atoms with Crippen LogP contribution in [-0.4, -0.2) is 26.4 Å². The molecule has 0 aliphatic heterocycles. The molecule has 0 fully saturated rings. The maximum absolute atomic E-state index is 13.7. The number of halogens is 1. The van der Waals surface area contributed by atoms with Crippen molar-refractivity contribution in [2.75, 3.05) is 26.4 Å². The van der Waals surface area contributed by atoms with E-state index < -0.39 is 0 Å². The third-order valence-corrected chi connectivity index (χ3v) is 3.10. The Morgan fingerprint density at radius 1 is 1.20 bits per heavy atom. The number of benzene rings is 1. The number of nitrogens with one attached hydrogen (secondary N) is 1. The van der Waals surface area contributed by atoms with Gasteiger partial charge >= 0.3 is 0 Å². The lowest BCUT2D eigenvalue weighted by Crippen LogP contribution is -2.19. The highest BCUT2D eigenvalue weighted by Gasteiger charge is 2.14. The number of hydrogen-bond donors (Lipinski definition) is 1. The molecular formula is C16H26FNO2. The van der Waals surface area contributed by atoms with Crippen LogP contribution in [0.5, 0.6) is 5.75 Å². The van der Waals surface area contributed by atoms with Crippen LogP contribution in [0.15, 0.2) is 12.1 Å². The summed E-state index contributed by atoms with van der Waals surface area (Å²) in [6.07, 6.45) is 0.998. The fourth-order valence-electron chi connectivity index (χ4n) is 2.01. The van der Waals surface area contributed by atoms with Gasteiger partial charge in [0, 0.05) is 18.2 Å². The Balaban J connectivity index is 2.73. The van der Waals surface area contributed by atoms with Crippen LogP contribution in [0.2, 0.25) is 0 Å². The van der Waals surface area contributed by atoms with Crippen LogP contribution in [0, 0.1) is 12.7 Å². The first-order valence-corrected chi connectivity index (χ1v) is 7.34. The molecule has 20 heavy (non-hydrogen) atoms. The van der Waals surface area contributed by atoms with Gasteiger partial charge in [0.2, 0.25) is 0 Å². The third-order valence-electron chi connectivity index (χ3n) is 3.10. The summed E-state index contributed by atoms with van der Waals surface area (Å²) in [5.41, 5.74) is 1.45. The smallest absolute Gasteiger partial charge is 0.126 e. The highest BCUT2D eigenvalue weighted by molar-refractivity contribution is 5.40. The average molecular weight is 283 g/mol. The van der Waals surface area contributed by atoms with Crippen LogP contribution in [0.4, 0.5) is 4.39 Å². The Morgan fingerprint density at radius 2 is 1.95 bits per heavy atom. The van der Waals surface area contributed by atoms with Gasteiger partial charge in [-0.3, -0.25) is 0 Å². The Bertz CT molecular complexity index is 410.